The van der Waals surface area contributed by atoms with Gasteiger partial charge in [0.05, 0.1) is 49.5 Å². The summed E-state index contributed by atoms with van der Waals surface area (Å²) >= 11 is 0. The normalized spacial score (nSPS) is 23.0. The van der Waals surface area contributed by atoms with Crippen molar-refractivity contribution in [1.82, 2.24) is 0 Å². The molecule has 51 heavy (non-hydrogen) atoms. The van der Waals surface area contributed by atoms with E-state index in [0.717, 1.165) is 6.07 Å². The monoisotopic (exact) mass is 687 g/mol. The third-order valence-electron chi connectivity index (χ3n) is 8.30. The second-order valence-corrected chi connectivity index (χ2v) is 11.1. The Balaban J connectivity index is 1.53. The number of anilines is 3. The van der Waals surface area contributed by atoms with Gasteiger partial charge in [0, 0.05) is 35.8 Å². The summed E-state index contributed by atoms with van der Waals surface area (Å²) in [4.78, 5) is 0.295. The van der Waals surface area contributed by atoms with Gasteiger partial charge in [-0.25, -0.2) is 0 Å². The van der Waals surface area contributed by atoms with Crippen molar-refractivity contribution in [3.8, 4) is 33.4 Å². The Morgan fingerprint density at radius 2 is 1.16 bits per heavy atom. The summed E-state index contributed by atoms with van der Waals surface area (Å²) in [6.45, 7) is -8.09. The Labute approximate surface area is 345 Å². The fourth-order valence-electron chi connectivity index (χ4n) is 6.09. The van der Waals surface area contributed by atoms with Crippen LogP contribution in [0.2, 0.25) is 0 Å². The molecule has 0 bridgehead atoms. The predicted octanol–water partition coefficient (Wildman–Crippen LogP) is 13.8. The van der Waals surface area contributed by atoms with Crippen molar-refractivity contribution < 1.29 is 51.0 Å². The summed E-state index contributed by atoms with van der Waals surface area (Å²) in [7, 11) is 0. The molecule has 1 aliphatic carbocycles. The second kappa shape index (κ2) is 11.3. The zero-order chi connectivity index (χ0) is 63.5. The lowest BCUT2D eigenvalue weighted by Gasteiger charge is -2.29. The van der Waals surface area contributed by atoms with Crippen molar-refractivity contribution in [2.75, 3.05) is 4.90 Å². The number of nitrogens with zero attached hydrogens (tertiary/aromatic N) is 1. The molecule has 0 radical (unpaired) electrons. The van der Waals surface area contributed by atoms with E-state index in [-0.39, 0.29) is 0 Å². The number of hydrogen-bond donors (Lipinski definition) is 0. The minimum Gasteiger partial charge on any atom is -0.455 e. The highest BCUT2D eigenvalue weighted by Crippen LogP contribution is 2.52. The Hall–Kier alpha value is -6.38. The zero-order valence-electron chi connectivity index (χ0n) is 59.4. The van der Waals surface area contributed by atoms with Crippen molar-refractivity contribution in [3.63, 3.8) is 0 Å². The highest BCUT2D eigenvalue weighted by atomic mass is 16.3. The van der Waals surface area contributed by atoms with Gasteiger partial charge in [-0.05, 0) is 92.2 Å². The zero-order valence-corrected chi connectivity index (χ0v) is 25.4. The molecule has 0 N–H and O–H groups in total. The third kappa shape index (κ3) is 4.57. The molecule has 9 aromatic rings. The SMILES string of the molecule is [2H]c1c([2H])c([2H])c(-c2c([2H])c([2H])c(N(c3c([2H])c([2H])c4c(c3[2H])C(C([2H])([2H])[2H])(C([2H])([2H])[2H])c3c([2H])c([2H])c([2H])c([2H])c3-4)c3c([2H])c([2H])c([2H])c4oc5c(cc(-c6c([2H])c([2H])c([2H])c([2H])c6[2H])c6c([2H])c([2H])c([2H])c([2H])c65)c34)c([2H])c2[2H])c([2H])c1[2H]. The first kappa shape index (κ1) is 11.1. The molecule has 0 spiro atoms. The summed E-state index contributed by atoms with van der Waals surface area (Å²) in [5.74, 6) is 0. The summed E-state index contributed by atoms with van der Waals surface area (Å²) in [5.41, 5.74) is -16.8. The average molecular weight is 688 g/mol. The molecule has 0 fully saturated rings. The molecule has 10 rings (SSSR count). The smallest absolute Gasteiger partial charge is 0.143 e. The first-order valence-corrected chi connectivity index (χ1v) is 14.9. The molecule has 0 aliphatic heterocycles. The molecule has 1 aliphatic rings. The van der Waals surface area contributed by atoms with Crippen molar-refractivity contribution in [2.24, 2.45) is 0 Å². The Kier molecular flexibility index (Phi) is 2.46. The lowest BCUT2D eigenvalue weighted by atomic mass is 9.82. The summed E-state index contributed by atoms with van der Waals surface area (Å²) in [6, 6.07) is -30.2. The Bertz CT molecular complexity index is 4510. The van der Waals surface area contributed by atoms with Gasteiger partial charge in [-0.1, -0.05) is 147 Å². The van der Waals surface area contributed by atoms with Crippen LogP contribution >= 0.6 is 0 Å². The lowest BCUT2D eigenvalue weighted by Crippen LogP contribution is -2.16. The van der Waals surface area contributed by atoms with Gasteiger partial charge >= 0.3 is 0 Å². The predicted molar refractivity (Wildman–Crippen MR) is 214 cm³/mol. The minimum absolute atomic E-state index is 0.295. The lowest BCUT2D eigenvalue weighted by molar-refractivity contribution is 0.660. The molecule has 2 heteroatoms. The van der Waals surface area contributed by atoms with Crippen LogP contribution in [0.1, 0.15) is 71.4 Å². The van der Waals surface area contributed by atoms with Crippen molar-refractivity contribution in [1.29, 1.82) is 0 Å². The molecule has 0 atom stereocenters. The highest BCUT2D eigenvalue weighted by molar-refractivity contribution is 6.22. The van der Waals surface area contributed by atoms with E-state index in [4.69, 9.17) is 35.9 Å². The van der Waals surface area contributed by atoms with Crippen LogP contribution in [0, 0.1) is 0 Å². The van der Waals surface area contributed by atoms with Gasteiger partial charge in [-0.3, -0.25) is 0 Å². The fraction of sp³-hybridized carbons (Fsp3) is 0.0612. The molecular formula is C49H35NO. The first-order valence-electron chi connectivity index (χ1n) is 31.9. The van der Waals surface area contributed by atoms with Crippen molar-refractivity contribution in [2.45, 2.75) is 19.1 Å². The Morgan fingerprint density at radius 1 is 0.510 bits per heavy atom. The van der Waals surface area contributed by atoms with Crippen LogP contribution in [0.5, 0.6) is 0 Å². The quantitative estimate of drug-likeness (QED) is 0.179. The van der Waals surface area contributed by atoms with Crippen LogP contribution in [-0.4, -0.2) is 0 Å². The molecular weight excluding hydrogens is 619 g/mol. The van der Waals surface area contributed by atoms with E-state index < -0.39 is 283 Å². The van der Waals surface area contributed by atoms with Gasteiger partial charge < -0.3 is 9.32 Å². The molecule has 0 saturated carbocycles. The standard InChI is InChI=1S/C49H35NO/c1-49(2)43-21-12-11-19-38(43)39-29-28-36(30-44(39)49)50(35-26-24-33(25-27-35)32-14-5-3-6-15-32)45-22-13-23-46-47(45)42-31-41(34-16-7-4-8-17-34)37-18-9-10-20-40(37)48(42)51-46/h3-31H,1-2H3/i1D3,2D3,3D,4D,5D,6D,7D,8D,9D,10D,11D,12D,13D,14D,15D,16D,17D,18D,19D,20D,21D,22D,23D,24D,25D,26D,27D,28D,29D,30D. The maximum Gasteiger partial charge on any atom is 0.143 e. The fourth-order valence-corrected chi connectivity index (χ4v) is 6.09. The third-order valence-corrected chi connectivity index (χ3v) is 8.30. The number of furan rings is 1. The molecule has 0 amide bonds. The second-order valence-electron chi connectivity index (χ2n) is 11.1. The van der Waals surface area contributed by atoms with Gasteiger partial charge in [0.1, 0.15) is 11.2 Å². The van der Waals surface area contributed by atoms with Crippen LogP contribution in [0.25, 0.3) is 66.1 Å². The molecule has 1 heterocycles. The molecule has 1 aromatic heterocycles. The van der Waals surface area contributed by atoms with E-state index in [1.807, 2.05) is 0 Å². The van der Waals surface area contributed by atoms with Gasteiger partial charge in [-0.2, -0.15) is 0 Å². The van der Waals surface area contributed by atoms with Gasteiger partial charge in [0.15, 0.2) is 0 Å². The summed E-state index contributed by atoms with van der Waals surface area (Å²) in [6.07, 6.45) is 0. The van der Waals surface area contributed by atoms with Crippen LogP contribution in [-0.2, 0) is 5.41 Å². The van der Waals surface area contributed by atoms with Crippen LogP contribution in [0.3, 0.4) is 0 Å². The summed E-state index contributed by atoms with van der Waals surface area (Å²) in [5, 5.41) is -2.60. The van der Waals surface area contributed by atoms with Gasteiger partial charge in [-0.15, -0.1) is 0 Å². The number of hydrogen-bond acceptors (Lipinski definition) is 2. The minimum atomic E-state index is -4.04. The van der Waals surface area contributed by atoms with E-state index in [9.17, 15) is 15.1 Å². The highest BCUT2D eigenvalue weighted by Gasteiger charge is 2.36. The maximum atomic E-state index is 10.2. The van der Waals surface area contributed by atoms with Crippen LogP contribution < -0.4 is 4.90 Å². The number of fused-ring (bicyclic) bond motifs is 8. The maximum absolute atomic E-state index is 10.2. The van der Waals surface area contributed by atoms with Crippen molar-refractivity contribution in [3.05, 3.63) is 186 Å². The van der Waals surface area contributed by atoms with Crippen LogP contribution in [0.15, 0.2) is 180 Å². The Morgan fingerprint density at radius 3 is 1.94 bits per heavy atom. The van der Waals surface area contributed by atoms with Gasteiger partial charge in [0.2, 0.25) is 0 Å². The molecule has 242 valence electrons. The molecule has 0 unspecified atom stereocenters. The molecule has 8 aromatic carbocycles. The summed E-state index contributed by atoms with van der Waals surface area (Å²) < 4.78 is 314. The van der Waals surface area contributed by atoms with E-state index >= 15 is 0 Å². The van der Waals surface area contributed by atoms with E-state index in [1.165, 1.54) is 0 Å². The van der Waals surface area contributed by atoms with Gasteiger partial charge in [0.25, 0.3) is 0 Å². The number of rotatable bonds is 5. The molecule has 0 saturated heterocycles. The molecule has 2 nitrogen and oxygen atoms in total. The van der Waals surface area contributed by atoms with Crippen molar-refractivity contribution >= 4 is 49.8 Å². The number of benzene rings is 8. The van der Waals surface area contributed by atoms with Crippen LogP contribution in [0.4, 0.5) is 17.1 Å². The van der Waals surface area contributed by atoms with E-state index in [2.05, 4.69) is 0 Å². The van der Waals surface area contributed by atoms with E-state index in [0.29, 0.717) is 4.90 Å². The largest absolute Gasteiger partial charge is 0.455 e. The topological polar surface area (TPSA) is 16.4 Å². The van der Waals surface area contributed by atoms with E-state index in [1.54, 1.807) is 0 Å². The average Bonchev–Trinajstić information content (AvgIpc) is 1.53. The first-order chi connectivity index (χ1) is 39.2.